The molecule has 6 heteroatoms. The molecule has 4 rings (SSSR count). The van der Waals surface area contributed by atoms with Crippen LogP contribution in [0.1, 0.15) is 0 Å². The van der Waals surface area contributed by atoms with Gasteiger partial charge in [0.25, 0.3) is 0 Å². The Kier molecular flexibility index (Phi) is 3.38. The summed E-state index contributed by atoms with van der Waals surface area (Å²) < 4.78 is 26.3. The van der Waals surface area contributed by atoms with Crippen LogP contribution in [0.4, 0.5) is 4.39 Å². The second kappa shape index (κ2) is 5.55. The Bertz CT molecular complexity index is 858. The smallest absolute Gasteiger partial charge is 0.163 e. The molecule has 0 saturated carbocycles. The highest BCUT2D eigenvalue weighted by atomic mass is 19.1. The van der Waals surface area contributed by atoms with Gasteiger partial charge in [-0.05, 0) is 24.3 Å². The van der Waals surface area contributed by atoms with Crippen molar-refractivity contribution in [2.24, 2.45) is 0 Å². The summed E-state index contributed by atoms with van der Waals surface area (Å²) in [6.07, 6.45) is 0. The highest BCUT2D eigenvalue weighted by Crippen LogP contribution is 2.36. The van der Waals surface area contributed by atoms with E-state index in [0.29, 0.717) is 37.1 Å². The van der Waals surface area contributed by atoms with E-state index in [0.717, 1.165) is 16.6 Å². The van der Waals surface area contributed by atoms with Gasteiger partial charge < -0.3 is 19.1 Å². The molecule has 0 fully saturated rings. The molecule has 1 aliphatic rings. The molecule has 0 bridgehead atoms. The number of hydrogen-bond acceptors (Lipinski definition) is 4. The van der Waals surface area contributed by atoms with Crippen molar-refractivity contribution in [3.63, 3.8) is 0 Å². The molecule has 1 aliphatic heterocycles. The van der Waals surface area contributed by atoms with E-state index in [4.69, 9.17) is 9.47 Å². The summed E-state index contributed by atoms with van der Waals surface area (Å²) in [4.78, 5) is 4.63. The highest BCUT2D eigenvalue weighted by molar-refractivity contribution is 5.84. The van der Waals surface area contributed by atoms with Crippen molar-refractivity contribution in [1.82, 2.24) is 9.55 Å². The predicted molar refractivity (Wildman–Crippen MR) is 83.2 cm³/mol. The van der Waals surface area contributed by atoms with Crippen molar-refractivity contribution >= 4 is 11.0 Å². The van der Waals surface area contributed by atoms with Gasteiger partial charge in [-0.1, -0.05) is 0 Å². The summed E-state index contributed by atoms with van der Waals surface area (Å²) in [6.45, 7) is 1.40. The molecule has 3 aromatic rings. The molecule has 2 heterocycles. The van der Waals surface area contributed by atoms with Crippen LogP contribution < -0.4 is 9.47 Å². The zero-order valence-electron chi connectivity index (χ0n) is 12.3. The Labute approximate surface area is 131 Å². The Hall–Kier alpha value is -2.60. The van der Waals surface area contributed by atoms with Gasteiger partial charge in [-0.15, -0.1) is 0 Å². The van der Waals surface area contributed by atoms with Gasteiger partial charge in [0.05, 0.1) is 17.6 Å². The lowest BCUT2D eigenvalue weighted by Crippen LogP contribution is -2.15. The number of rotatable bonds is 3. The lowest BCUT2D eigenvalue weighted by atomic mass is 10.2. The summed E-state index contributed by atoms with van der Waals surface area (Å²) in [5.74, 6) is 1.73. The second-order valence-corrected chi connectivity index (χ2v) is 5.30. The molecule has 118 valence electrons. The second-order valence-electron chi connectivity index (χ2n) is 5.30. The van der Waals surface area contributed by atoms with Crippen LogP contribution >= 0.6 is 0 Å². The van der Waals surface area contributed by atoms with Crippen LogP contribution in [0.2, 0.25) is 0 Å². The van der Waals surface area contributed by atoms with E-state index in [1.807, 2.05) is 16.7 Å². The maximum Gasteiger partial charge on any atom is 0.163 e. The lowest BCUT2D eigenvalue weighted by molar-refractivity contribution is 0.172. The molecule has 2 aromatic carbocycles. The van der Waals surface area contributed by atoms with Gasteiger partial charge in [0.1, 0.15) is 24.9 Å². The number of aliphatic hydroxyl groups excluding tert-OH is 1. The third-order valence-corrected chi connectivity index (χ3v) is 3.84. The van der Waals surface area contributed by atoms with Crippen molar-refractivity contribution in [3.05, 3.63) is 42.2 Å². The molecule has 0 spiro atoms. The lowest BCUT2D eigenvalue weighted by Gasteiger charge is -2.18. The van der Waals surface area contributed by atoms with Crippen LogP contribution in [-0.2, 0) is 6.54 Å². The fourth-order valence-electron chi connectivity index (χ4n) is 2.81. The Morgan fingerprint density at radius 2 is 1.78 bits per heavy atom. The minimum absolute atomic E-state index is 0.0197. The number of hydrogen-bond donors (Lipinski definition) is 1. The third-order valence-electron chi connectivity index (χ3n) is 3.84. The van der Waals surface area contributed by atoms with Crippen molar-refractivity contribution in [2.45, 2.75) is 6.54 Å². The predicted octanol–water partition coefficient (Wildman–Crippen LogP) is 2.61. The average molecular weight is 314 g/mol. The highest BCUT2D eigenvalue weighted by Gasteiger charge is 2.18. The molecule has 1 N–H and O–H groups in total. The van der Waals surface area contributed by atoms with E-state index in [-0.39, 0.29) is 12.4 Å². The molecule has 0 amide bonds. The number of aromatic nitrogens is 2. The summed E-state index contributed by atoms with van der Waals surface area (Å²) in [5, 5.41) is 9.39. The molecular weight excluding hydrogens is 299 g/mol. The number of benzene rings is 2. The molecule has 23 heavy (non-hydrogen) atoms. The fraction of sp³-hybridized carbons (Fsp3) is 0.235. The molecular formula is C17H15FN2O3. The van der Waals surface area contributed by atoms with Crippen LogP contribution in [0.3, 0.4) is 0 Å². The first-order valence-electron chi connectivity index (χ1n) is 7.43. The molecule has 0 unspecified atom stereocenters. The minimum atomic E-state index is -0.296. The normalized spacial score (nSPS) is 13.5. The molecule has 0 saturated heterocycles. The van der Waals surface area contributed by atoms with Gasteiger partial charge in [-0.25, -0.2) is 9.37 Å². The molecule has 5 nitrogen and oxygen atoms in total. The Balaban J connectivity index is 1.92. The van der Waals surface area contributed by atoms with Crippen molar-refractivity contribution in [1.29, 1.82) is 0 Å². The summed E-state index contributed by atoms with van der Waals surface area (Å²) >= 11 is 0. The van der Waals surface area contributed by atoms with Gasteiger partial charge in [-0.2, -0.15) is 0 Å². The summed E-state index contributed by atoms with van der Waals surface area (Å²) in [6, 6.07) is 9.86. The van der Waals surface area contributed by atoms with Crippen LogP contribution in [0.25, 0.3) is 22.4 Å². The first-order chi connectivity index (χ1) is 11.3. The summed E-state index contributed by atoms with van der Waals surface area (Å²) in [7, 11) is 0. The Morgan fingerprint density at radius 1 is 1.09 bits per heavy atom. The minimum Gasteiger partial charge on any atom is -0.486 e. The molecule has 0 atom stereocenters. The fourth-order valence-corrected chi connectivity index (χ4v) is 2.81. The standard InChI is InChI=1S/C17H15FN2O3/c18-12-3-1-11(2-4-12)17-19-13-9-15-16(23-8-7-22-15)10-14(13)20(17)5-6-21/h1-4,9-10,21H,5-8H2. The maximum absolute atomic E-state index is 13.2. The number of halogens is 1. The zero-order valence-corrected chi connectivity index (χ0v) is 12.3. The number of imidazole rings is 1. The van der Waals surface area contributed by atoms with Crippen LogP contribution in [0.15, 0.2) is 36.4 Å². The molecule has 1 aromatic heterocycles. The zero-order chi connectivity index (χ0) is 15.8. The SMILES string of the molecule is OCCn1c(-c2ccc(F)cc2)nc2cc3c(cc21)OCCO3. The largest absolute Gasteiger partial charge is 0.486 e. The van der Waals surface area contributed by atoms with Gasteiger partial charge in [-0.3, -0.25) is 0 Å². The van der Waals surface area contributed by atoms with E-state index in [1.54, 1.807) is 12.1 Å². The molecule has 0 radical (unpaired) electrons. The van der Waals surface area contributed by atoms with Crippen molar-refractivity contribution in [2.75, 3.05) is 19.8 Å². The Morgan fingerprint density at radius 3 is 2.48 bits per heavy atom. The van der Waals surface area contributed by atoms with Crippen molar-refractivity contribution in [3.8, 4) is 22.9 Å². The van der Waals surface area contributed by atoms with E-state index in [2.05, 4.69) is 4.98 Å². The van der Waals surface area contributed by atoms with E-state index < -0.39 is 0 Å². The van der Waals surface area contributed by atoms with E-state index in [1.165, 1.54) is 12.1 Å². The topological polar surface area (TPSA) is 56.5 Å². The van der Waals surface area contributed by atoms with Gasteiger partial charge in [0.15, 0.2) is 11.5 Å². The summed E-state index contributed by atoms with van der Waals surface area (Å²) in [5.41, 5.74) is 2.39. The first-order valence-corrected chi connectivity index (χ1v) is 7.43. The number of aliphatic hydroxyl groups is 1. The molecule has 0 aliphatic carbocycles. The average Bonchev–Trinajstić information content (AvgIpc) is 2.92. The third kappa shape index (κ3) is 2.41. The maximum atomic E-state index is 13.2. The van der Waals surface area contributed by atoms with Gasteiger partial charge >= 0.3 is 0 Å². The quantitative estimate of drug-likeness (QED) is 0.807. The van der Waals surface area contributed by atoms with Crippen LogP contribution in [0.5, 0.6) is 11.5 Å². The number of fused-ring (bicyclic) bond motifs is 2. The van der Waals surface area contributed by atoms with Gasteiger partial charge in [0, 0.05) is 24.2 Å². The first kappa shape index (κ1) is 14.0. The van der Waals surface area contributed by atoms with E-state index >= 15 is 0 Å². The van der Waals surface area contributed by atoms with E-state index in [9.17, 15) is 9.50 Å². The van der Waals surface area contributed by atoms with Crippen LogP contribution in [0, 0.1) is 5.82 Å². The number of nitrogens with zero attached hydrogens (tertiary/aromatic N) is 2. The van der Waals surface area contributed by atoms with Gasteiger partial charge in [0.2, 0.25) is 0 Å². The number of ether oxygens (including phenoxy) is 2. The van der Waals surface area contributed by atoms with Crippen molar-refractivity contribution < 1.29 is 19.0 Å². The monoisotopic (exact) mass is 314 g/mol. The van der Waals surface area contributed by atoms with Crippen LogP contribution in [-0.4, -0.2) is 34.5 Å².